The summed E-state index contributed by atoms with van der Waals surface area (Å²) in [5.74, 6) is -3.13. The number of halogens is 2. The standard InChI is InChI=1S/C37H57F2N5O3/c1-9-40-27(3)26(2)29-19-17-28(18-20-29)23-41-33(46)30-15-14-22-44(30)34(47)32(35(4,5)6)42-31(45)16-12-10-11-13-21-43(8)25-36(7)24-37(36,38)39/h9,17-20,30,32H,10-16,21-25H2,1-8H3,(H,41,46)(H,42,45)/b27-26+,40-9?/t30-,32+,36+/m0/s1. The second-order valence-electron chi connectivity index (χ2n) is 14.9. The van der Waals surface area contributed by atoms with Gasteiger partial charge in [0.2, 0.25) is 17.7 Å². The van der Waals surface area contributed by atoms with E-state index in [9.17, 15) is 23.2 Å². The van der Waals surface area contributed by atoms with Crippen LogP contribution >= 0.6 is 0 Å². The van der Waals surface area contributed by atoms with Crippen LogP contribution in [0.3, 0.4) is 0 Å². The Hall–Kier alpha value is -3.14. The predicted molar refractivity (Wildman–Crippen MR) is 185 cm³/mol. The van der Waals surface area contributed by atoms with E-state index in [0.29, 0.717) is 38.9 Å². The van der Waals surface area contributed by atoms with E-state index in [1.54, 1.807) is 18.0 Å². The van der Waals surface area contributed by atoms with Gasteiger partial charge in [-0.3, -0.25) is 19.4 Å². The van der Waals surface area contributed by atoms with Gasteiger partial charge in [0.15, 0.2) is 0 Å². The first kappa shape index (κ1) is 38.3. The number of rotatable bonds is 16. The van der Waals surface area contributed by atoms with Crippen molar-refractivity contribution >= 4 is 29.5 Å². The van der Waals surface area contributed by atoms with E-state index in [4.69, 9.17) is 0 Å². The fraction of sp³-hybridized carbons (Fsp3) is 0.676. The molecule has 1 aromatic carbocycles. The van der Waals surface area contributed by atoms with E-state index >= 15 is 0 Å². The molecule has 2 aliphatic rings. The number of benzene rings is 1. The predicted octanol–water partition coefficient (Wildman–Crippen LogP) is 6.59. The van der Waals surface area contributed by atoms with Crippen molar-refractivity contribution in [2.24, 2.45) is 15.8 Å². The summed E-state index contributed by atoms with van der Waals surface area (Å²) in [6.07, 6.45) is 6.69. The van der Waals surface area contributed by atoms with Crippen molar-refractivity contribution in [2.45, 2.75) is 124 Å². The third-order valence-corrected chi connectivity index (χ3v) is 9.66. The number of hydrogen-bond acceptors (Lipinski definition) is 5. The van der Waals surface area contributed by atoms with Crippen LogP contribution in [-0.2, 0) is 20.9 Å². The van der Waals surface area contributed by atoms with Gasteiger partial charge >= 0.3 is 0 Å². The molecule has 0 aromatic heterocycles. The van der Waals surface area contributed by atoms with Crippen molar-refractivity contribution in [3.8, 4) is 0 Å². The van der Waals surface area contributed by atoms with Crippen molar-refractivity contribution in [3.05, 3.63) is 41.1 Å². The number of alkyl halides is 2. The van der Waals surface area contributed by atoms with Crippen LogP contribution in [0.15, 0.2) is 35.0 Å². The maximum Gasteiger partial charge on any atom is 0.255 e. The van der Waals surface area contributed by atoms with Crippen LogP contribution in [-0.4, -0.2) is 78.4 Å². The molecule has 0 bridgehead atoms. The molecule has 0 radical (unpaired) electrons. The normalized spacial score (nSPS) is 21.9. The molecule has 3 rings (SSSR count). The Balaban J connectivity index is 1.46. The van der Waals surface area contributed by atoms with Crippen LogP contribution in [0, 0.1) is 10.8 Å². The van der Waals surface area contributed by atoms with E-state index in [1.165, 1.54) is 0 Å². The van der Waals surface area contributed by atoms with Gasteiger partial charge < -0.3 is 20.4 Å². The van der Waals surface area contributed by atoms with E-state index in [0.717, 1.165) is 54.6 Å². The quantitative estimate of drug-likeness (QED) is 0.155. The van der Waals surface area contributed by atoms with E-state index < -0.39 is 28.8 Å². The molecular formula is C37H57F2N5O3. The van der Waals surface area contributed by atoms with Crippen LogP contribution in [0.1, 0.15) is 111 Å². The zero-order chi connectivity index (χ0) is 35.0. The Morgan fingerprint density at radius 3 is 2.34 bits per heavy atom. The molecule has 1 aromatic rings. The second-order valence-corrected chi connectivity index (χ2v) is 14.9. The molecule has 2 N–H and O–H groups in total. The fourth-order valence-electron chi connectivity index (χ4n) is 6.34. The number of likely N-dealkylation sites (tertiary alicyclic amines) is 1. The molecule has 0 spiro atoms. The van der Waals surface area contributed by atoms with Crippen LogP contribution in [0.2, 0.25) is 0 Å². The molecule has 8 nitrogen and oxygen atoms in total. The van der Waals surface area contributed by atoms with Crippen LogP contribution in [0.25, 0.3) is 5.57 Å². The first-order chi connectivity index (χ1) is 22.0. The van der Waals surface area contributed by atoms with Crippen molar-refractivity contribution in [1.82, 2.24) is 20.4 Å². The molecule has 3 amide bonds. The molecule has 1 saturated carbocycles. The summed E-state index contributed by atoms with van der Waals surface area (Å²) >= 11 is 0. The summed E-state index contributed by atoms with van der Waals surface area (Å²) in [5.41, 5.74) is 2.65. The molecule has 2 fully saturated rings. The summed E-state index contributed by atoms with van der Waals surface area (Å²) in [7, 11) is 1.88. The highest BCUT2D eigenvalue weighted by Crippen LogP contribution is 2.60. The van der Waals surface area contributed by atoms with E-state index in [1.807, 2.05) is 77.8 Å². The number of carbonyl (C=O) groups excluding carboxylic acids is 3. The summed E-state index contributed by atoms with van der Waals surface area (Å²) < 4.78 is 27.0. The third-order valence-electron chi connectivity index (χ3n) is 9.66. The first-order valence-corrected chi connectivity index (χ1v) is 17.2. The molecule has 0 unspecified atom stereocenters. The maximum atomic E-state index is 13.8. The molecule has 1 heterocycles. The highest BCUT2D eigenvalue weighted by molar-refractivity contribution is 5.93. The minimum Gasteiger partial charge on any atom is -0.350 e. The number of carbonyl (C=O) groups is 3. The maximum absolute atomic E-state index is 13.8. The van der Waals surface area contributed by atoms with Crippen molar-refractivity contribution < 1.29 is 23.2 Å². The Morgan fingerprint density at radius 1 is 1.11 bits per heavy atom. The zero-order valence-electron chi connectivity index (χ0n) is 29.8. The molecule has 10 heteroatoms. The van der Waals surface area contributed by atoms with Gasteiger partial charge in [0.1, 0.15) is 12.1 Å². The Bertz CT molecular complexity index is 1300. The third kappa shape index (κ3) is 10.7. The summed E-state index contributed by atoms with van der Waals surface area (Å²) in [6.45, 7) is 15.3. The van der Waals surface area contributed by atoms with Gasteiger partial charge in [-0.15, -0.1) is 0 Å². The monoisotopic (exact) mass is 657 g/mol. The summed E-state index contributed by atoms with van der Waals surface area (Å²) in [5, 5.41) is 5.99. The van der Waals surface area contributed by atoms with Crippen molar-refractivity contribution in [2.75, 3.05) is 26.7 Å². The topological polar surface area (TPSA) is 94.1 Å². The van der Waals surface area contributed by atoms with Gasteiger partial charge in [-0.05, 0) is 82.2 Å². The Labute approximate surface area is 280 Å². The van der Waals surface area contributed by atoms with Gasteiger partial charge in [0.05, 0.1) is 0 Å². The van der Waals surface area contributed by atoms with Gasteiger partial charge in [0.25, 0.3) is 5.92 Å². The average Bonchev–Trinajstić information content (AvgIpc) is 3.30. The molecule has 3 atom stereocenters. The van der Waals surface area contributed by atoms with Crippen LogP contribution in [0.5, 0.6) is 0 Å². The number of aliphatic imine (C=N–C) groups is 1. The van der Waals surface area contributed by atoms with Crippen molar-refractivity contribution in [1.29, 1.82) is 0 Å². The SMILES string of the molecule is CC=N/C(C)=C(\C)c1ccc(CNC(=O)[C@@H]2CCCN2C(=O)[C@@H](NC(=O)CCCCCCN(C)C[C@@]2(C)CC2(F)F)C(C)(C)C)cc1. The Kier molecular flexibility index (Phi) is 13.3. The number of hydrogen-bond donors (Lipinski definition) is 2. The number of nitrogens with one attached hydrogen (secondary N) is 2. The average molecular weight is 658 g/mol. The van der Waals surface area contributed by atoms with E-state index in [2.05, 4.69) is 15.6 Å². The Morgan fingerprint density at radius 2 is 1.74 bits per heavy atom. The number of nitrogens with zero attached hydrogens (tertiary/aromatic N) is 3. The summed E-state index contributed by atoms with van der Waals surface area (Å²) in [4.78, 5) is 48.0. The van der Waals surface area contributed by atoms with E-state index in [-0.39, 0.29) is 24.1 Å². The lowest BCUT2D eigenvalue weighted by Crippen LogP contribution is -2.57. The number of allylic oxidation sites excluding steroid dienone is 2. The largest absolute Gasteiger partial charge is 0.350 e. The molecule has 47 heavy (non-hydrogen) atoms. The fourth-order valence-corrected chi connectivity index (χ4v) is 6.34. The lowest BCUT2D eigenvalue weighted by atomic mass is 9.85. The molecule has 1 aliphatic heterocycles. The lowest BCUT2D eigenvalue weighted by molar-refractivity contribution is -0.143. The minimum absolute atomic E-state index is 0.0354. The van der Waals surface area contributed by atoms with Gasteiger partial charge in [-0.2, -0.15) is 0 Å². The lowest BCUT2D eigenvalue weighted by Gasteiger charge is -2.35. The van der Waals surface area contributed by atoms with Gasteiger partial charge in [-0.1, -0.05) is 64.8 Å². The summed E-state index contributed by atoms with van der Waals surface area (Å²) in [6, 6.07) is 6.70. The highest BCUT2D eigenvalue weighted by atomic mass is 19.3. The second kappa shape index (κ2) is 16.3. The number of unbranched alkanes of at least 4 members (excludes halogenated alkanes) is 3. The van der Waals surface area contributed by atoms with Crippen LogP contribution < -0.4 is 10.6 Å². The zero-order valence-corrected chi connectivity index (χ0v) is 29.8. The molecular weight excluding hydrogens is 600 g/mol. The van der Waals surface area contributed by atoms with Gasteiger partial charge in [0, 0.05) is 49.8 Å². The molecule has 262 valence electrons. The molecule has 1 aliphatic carbocycles. The first-order valence-electron chi connectivity index (χ1n) is 17.2. The van der Waals surface area contributed by atoms with Crippen molar-refractivity contribution in [3.63, 3.8) is 0 Å². The van der Waals surface area contributed by atoms with Crippen LogP contribution in [0.4, 0.5) is 8.78 Å². The highest BCUT2D eigenvalue weighted by Gasteiger charge is 2.67. The van der Waals surface area contributed by atoms with Gasteiger partial charge in [-0.25, -0.2) is 8.78 Å². The number of amides is 3. The minimum atomic E-state index is -2.54. The smallest absolute Gasteiger partial charge is 0.255 e. The molecule has 1 saturated heterocycles.